The molecule has 1 aliphatic rings. The third-order valence-corrected chi connectivity index (χ3v) is 4.89. The summed E-state index contributed by atoms with van der Waals surface area (Å²) in [6.07, 6.45) is 4.52. The number of rotatable bonds is 3. The molecule has 1 atom stereocenters. The van der Waals surface area contributed by atoms with Gasteiger partial charge in [-0.3, -0.25) is 9.59 Å². The van der Waals surface area contributed by atoms with Gasteiger partial charge in [0.1, 0.15) is 6.26 Å². The summed E-state index contributed by atoms with van der Waals surface area (Å²) in [5.74, 6) is -0.343. The molecule has 2 aromatic rings. The molecule has 6 heteroatoms. The largest absolute Gasteiger partial charge is 0.472 e. The summed E-state index contributed by atoms with van der Waals surface area (Å²) in [6, 6.07) is 7.45. The predicted octanol–water partition coefficient (Wildman–Crippen LogP) is 3.84. The number of piperidine rings is 1. The SMILES string of the molecule is Cc1ccc(NC(=O)[C@H]2CCCN(C(=O)c3ccoc3)C2)c(Br)c1. The minimum atomic E-state index is -0.206. The Morgan fingerprint density at radius 3 is 2.88 bits per heavy atom. The van der Waals surface area contributed by atoms with Gasteiger partial charge in [0.15, 0.2) is 0 Å². The van der Waals surface area contributed by atoms with Crippen molar-refractivity contribution in [2.75, 3.05) is 18.4 Å². The predicted molar refractivity (Wildman–Crippen MR) is 94.8 cm³/mol. The highest BCUT2D eigenvalue weighted by Gasteiger charge is 2.29. The maximum absolute atomic E-state index is 12.6. The molecule has 0 unspecified atom stereocenters. The van der Waals surface area contributed by atoms with Crippen LogP contribution in [0.5, 0.6) is 0 Å². The molecular formula is C18H19BrN2O3. The van der Waals surface area contributed by atoms with Gasteiger partial charge in [0.05, 0.1) is 23.4 Å². The fraction of sp³-hybridized carbons (Fsp3) is 0.333. The molecule has 1 aromatic carbocycles. The molecule has 0 radical (unpaired) electrons. The van der Waals surface area contributed by atoms with Crippen LogP contribution in [0.3, 0.4) is 0 Å². The third-order valence-electron chi connectivity index (χ3n) is 4.23. The fourth-order valence-corrected chi connectivity index (χ4v) is 3.49. The first-order valence-corrected chi connectivity index (χ1v) is 8.72. The highest BCUT2D eigenvalue weighted by atomic mass is 79.9. The molecule has 3 rings (SSSR count). The molecule has 1 aromatic heterocycles. The molecule has 0 bridgehead atoms. The summed E-state index contributed by atoms with van der Waals surface area (Å²) < 4.78 is 5.83. The van der Waals surface area contributed by atoms with Crippen molar-refractivity contribution in [1.82, 2.24) is 4.90 Å². The number of hydrogen-bond acceptors (Lipinski definition) is 3. The fourth-order valence-electron chi connectivity index (χ4n) is 2.90. The van der Waals surface area contributed by atoms with Crippen LogP contribution in [0.2, 0.25) is 0 Å². The number of hydrogen-bond donors (Lipinski definition) is 1. The summed E-state index contributed by atoms with van der Waals surface area (Å²) in [5.41, 5.74) is 2.40. The first kappa shape index (κ1) is 16.8. The van der Waals surface area contributed by atoms with E-state index in [0.29, 0.717) is 18.7 Å². The van der Waals surface area contributed by atoms with Gasteiger partial charge in [-0.05, 0) is 59.5 Å². The van der Waals surface area contributed by atoms with Gasteiger partial charge in [0.25, 0.3) is 5.91 Å². The second-order valence-corrected chi connectivity index (χ2v) is 6.93. The number of carbonyl (C=O) groups excluding carboxylic acids is 2. The number of nitrogens with zero attached hydrogens (tertiary/aromatic N) is 1. The standard InChI is InChI=1S/C18H19BrN2O3/c1-12-4-5-16(15(19)9-12)20-17(22)13-3-2-7-21(10-13)18(23)14-6-8-24-11-14/h4-6,8-9,11,13H,2-3,7,10H2,1H3,(H,20,22)/t13-/m0/s1. The van der Waals surface area contributed by atoms with Crippen molar-refractivity contribution in [1.29, 1.82) is 0 Å². The van der Waals surface area contributed by atoms with Crippen molar-refractivity contribution in [2.45, 2.75) is 19.8 Å². The van der Waals surface area contributed by atoms with Gasteiger partial charge in [0.2, 0.25) is 5.91 Å². The summed E-state index contributed by atoms with van der Waals surface area (Å²) >= 11 is 3.47. The van der Waals surface area contributed by atoms with Crippen molar-refractivity contribution >= 4 is 33.4 Å². The summed E-state index contributed by atoms with van der Waals surface area (Å²) in [4.78, 5) is 26.7. The van der Waals surface area contributed by atoms with E-state index in [4.69, 9.17) is 4.42 Å². The van der Waals surface area contributed by atoms with E-state index in [0.717, 1.165) is 28.6 Å². The van der Waals surface area contributed by atoms with Crippen molar-refractivity contribution in [3.05, 3.63) is 52.4 Å². The van der Waals surface area contributed by atoms with Crippen LogP contribution in [0, 0.1) is 12.8 Å². The molecule has 0 spiro atoms. The monoisotopic (exact) mass is 390 g/mol. The number of benzene rings is 1. The average molecular weight is 391 g/mol. The molecule has 126 valence electrons. The number of anilines is 1. The van der Waals surface area contributed by atoms with Crippen LogP contribution >= 0.6 is 15.9 Å². The van der Waals surface area contributed by atoms with Crippen LogP contribution in [0.15, 0.2) is 45.7 Å². The number of carbonyl (C=O) groups is 2. The van der Waals surface area contributed by atoms with E-state index >= 15 is 0 Å². The zero-order valence-electron chi connectivity index (χ0n) is 13.4. The Labute approximate surface area is 149 Å². The number of likely N-dealkylation sites (tertiary alicyclic amines) is 1. The number of aryl methyl sites for hydroxylation is 1. The summed E-state index contributed by atoms with van der Waals surface area (Å²) in [5, 5.41) is 2.96. The quantitative estimate of drug-likeness (QED) is 0.865. The zero-order valence-corrected chi connectivity index (χ0v) is 15.0. The molecular weight excluding hydrogens is 372 g/mol. The average Bonchev–Trinajstić information content (AvgIpc) is 3.11. The smallest absolute Gasteiger partial charge is 0.257 e. The lowest BCUT2D eigenvalue weighted by atomic mass is 9.96. The van der Waals surface area contributed by atoms with Gasteiger partial charge in [-0.1, -0.05) is 6.07 Å². The number of nitrogens with one attached hydrogen (secondary N) is 1. The first-order chi connectivity index (χ1) is 11.5. The van der Waals surface area contributed by atoms with Crippen LogP contribution in [0.4, 0.5) is 5.69 Å². The highest BCUT2D eigenvalue weighted by molar-refractivity contribution is 9.10. The molecule has 1 saturated heterocycles. The molecule has 5 nitrogen and oxygen atoms in total. The number of furan rings is 1. The van der Waals surface area contributed by atoms with Gasteiger partial charge >= 0.3 is 0 Å². The Bertz CT molecular complexity index is 743. The highest BCUT2D eigenvalue weighted by Crippen LogP contribution is 2.26. The van der Waals surface area contributed by atoms with Crippen LogP contribution in [0.1, 0.15) is 28.8 Å². The van der Waals surface area contributed by atoms with Gasteiger partial charge in [-0.25, -0.2) is 0 Å². The van der Waals surface area contributed by atoms with Crippen LogP contribution < -0.4 is 5.32 Å². The third kappa shape index (κ3) is 3.70. The van der Waals surface area contributed by atoms with Crippen LogP contribution in [-0.2, 0) is 4.79 Å². The molecule has 2 amide bonds. The van der Waals surface area contributed by atoms with Crippen molar-refractivity contribution in [3.63, 3.8) is 0 Å². The molecule has 1 fully saturated rings. The molecule has 0 saturated carbocycles. The van der Waals surface area contributed by atoms with E-state index in [1.807, 2.05) is 25.1 Å². The Balaban J connectivity index is 1.65. The van der Waals surface area contributed by atoms with Gasteiger partial charge in [-0.2, -0.15) is 0 Å². The molecule has 0 aliphatic carbocycles. The van der Waals surface area contributed by atoms with Gasteiger partial charge in [-0.15, -0.1) is 0 Å². The van der Waals surface area contributed by atoms with E-state index < -0.39 is 0 Å². The number of halogens is 1. The van der Waals surface area contributed by atoms with Crippen molar-refractivity contribution in [3.8, 4) is 0 Å². The van der Waals surface area contributed by atoms with Crippen molar-refractivity contribution < 1.29 is 14.0 Å². The lowest BCUT2D eigenvalue weighted by Gasteiger charge is -2.31. The number of amides is 2. The molecule has 24 heavy (non-hydrogen) atoms. The normalized spacial score (nSPS) is 17.6. The second kappa shape index (κ2) is 7.21. The molecule has 1 aliphatic heterocycles. The minimum Gasteiger partial charge on any atom is -0.472 e. The van der Waals surface area contributed by atoms with E-state index in [9.17, 15) is 9.59 Å². The maximum Gasteiger partial charge on any atom is 0.257 e. The Hall–Kier alpha value is -2.08. The Kier molecular flexibility index (Phi) is 5.04. The Morgan fingerprint density at radius 1 is 1.33 bits per heavy atom. The van der Waals surface area contributed by atoms with Crippen LogP contribution in [0.25, 0.3) is 0 Å². The lowest BCUT2D eigenvalue weighted by molar-refractivity contribution is -0.121. The van der Waals surface area contributed by atoms with Crippen molar-refractivity contribution in [2.24, 2.45) is 5.92 Å². The lowest BCUT2D eigenvalue weighted by Crippen LogP contribution is -2.43. The van der Waals surface area contributed by atoms with E-state index in [1.165, 1.54) is 12.5 Å². The van der Waals surface area contributed by atoms with Crippen LogP contribution in [-0.4, -0.2) is 29.8 Å². The minimum absolute atomic E-state index is 0.0516. The summed E-state index contributed by atoms with van der Waals surface area (Å²) in [6.45, 7) is 3.10. The Morgan fingerprint density at radius 2 is 2.17 bits per heavy atom. The second-order valence-electron chi connectivity index (χ2n) is 6.07. The van der Waals surface area contributed by atoms with E-state index in [-0.39, 0.29) is 17.7 Å². The molecule has 1 N–H and O–H groups in total. The van der Waals surface area contributed by atoms with Gasteiger partial charge in [0, 0.05) is 17.6 Å². The topological polar surface area (TPSA) is 62.6 Å². The first-order valence-electron chi connectivity index (χ1n) is 7.93. The maximum atomic E-state index is 12.6. The van der Waals surface area contributed by atoms with E-state index in [1.54, 1.807) is 11.0 Å². The van der Waals surface area contributed by atoms with Gasteiger partial charge < -0.3 is 14.6 Å². The zero-order chi connectivity index (χ0) is 17.1. The van der Waals surface area contributed by atoms with E-state index in [2.05, 4.69) is 21.2 Å². The molecule has 2 heterocycles. The summed E-state index contributed by atoms with van der Waals surface area (Å²) in [7, 11) is 0.